The molecule has 1 N–H and O–H groups in total. The number of Topliss-reactive ketones (excluding diaryl/α,β-unsaturated/α-hetero) is 1. The second-order valence-corrected chi connectivity index (χ2v) is 6.37. The molecular weight excluding hydrogens is 318 g/mol. The Morgan fingerprint density at radius 1 is 1.00 bits per heavy atom. The van der Waals surface area contributed by atoms with Crippen LogP contribution in [0.25, 0.3) is 0 Å². The van der Waals surface area contributed by atoms with Gasteiger partial charge in [0.25, 0.3) is 0 Å². The van der Waals surface area contributed by atoms with Crippen LogP contribution in [0.2, 0.25) is 0 Å². The van der Waals surface area contributed by atoms with Gasteiger partial charge in [0, 0.05) is 18.2 Å². The van der Waals surface area contributed by atoms with Crippen molar-refractivity contribution < 1.29 is 22.2 Å². The number of benzene rings is 2. The third-order valence-electron chi connectivity index (χ3n) is 2.91. The Balaban J connectivity index is 2.23. The SMILES string of the molecule is CC(=O)Nc1ccc(S(=O)(=O)Oc2cccc(C(C)=O)c2)cc1. The highest BCUT2D eigenvalue weighted by atomic mass is 32.2. The summed E-state index contributed by atoms with van der Waals surface area (Å²) in [4.78, 5) is 22.2. The largest absolute Gasteiger partial charge is 0.379 e. The lowest BCUT2D eigenvalue weighted by atomic mass is 10.1. The molecule has 0 aliphatic heterocycles. The van der Waals surface area contributed by atoms with Crippen LogP contribution in [0.5, 0.6) is 5.75 Å². The monoisotopic (exact) mass is 333 g/mol. The Hall–Kier alpha value is -2.67. The van der Waals surface area contributed by atoms with E-state index in [1.165, 1.54) is 50.2 Å². The predicted molar refractivity (Wildman–Crippen MR) is 85.0 cm³/mol. The van der Waals surface area contributed by atoms with E-state index >= 15 is 0 Å². The molecule has 0 saturated heterocycles. The van der Waals surface area contributed by atoms with Crippen molar-refractivity contribution in [3.63, 3.8) is 0 Å². The summed E-state index contributed by atoms with van der Waals surface area (Å²) < 4.78 is 29.5. The quantitative estimate of drug-likeness (QED) is 0.671. The molecule has 6 nitrogen and oxygen atoms in total. The molecule has 0 aromatic heterocycles. The molecule has 0 unspecified atom stereocenters. The number of nitrogens with one attached hydrogen (secondary N) is 1. The van der Waals surface area contributed by atoms with Gasteiger partial charge in [0.15, 0.2) is 5.78 Å². The van der Waals surface area contributed by atoms with Crippen molar-refractivity contribution in [2.24, 2.45) is 0 Å². The van der Waals surface area contributed by atoms with Gasteiger partial charge in [-0.1, -0.05) is 12.1 Å². The van der Waals surface area contributed by atoms with E-state index in [1.54, 1.807) is 12.1 Å². The third kappa shape index (κ3) is 4.40. The fraction of sp³-hybridized carbons (Fsp3) is 0.125. The first-order valence-electron chi connectivity index (χ1n) is 6.71. The van der Waals surface area contributed by atoms with Crippen LogP contribution in [-0.4, -0.2) is 20.1 Å². The number of rotatable bonds is 5. The number of hydrogen-bond acceptors (Lipinski definition) is 5. The fourth-order valence-electron chi connectivity index (χ4n) is 1.85. The summed E-state index contributed by atoms with van der Waals surface area (Å²) in [7, 11) is -4.03. The zero-order valence-corrected chi connectivity index (χ0v) is 13.4. The molecule has 0 heterocycles. The van der Waals surface area contributed by atoms with E-state index in [2.05, 4.69) is 5.32 Å². The first-order chi connectivity index (χ1) is 10.8. The molecule has 2 rings (SSSR count). The van der Waals surface area contributed by atoms with E-state index in [9.17, 15) is 18.0 Å². The lowest BCUT2D eigenvalue weighted by Crippen LogP contribution is -2.11. The molecule has 0 aliphatic rings. The molecule has 2 aromatic rings. The first kappa shape index (κ1) is 16.7. The Labute approximate surface area is 134 Å². The predicted octanol–water partition coefficient (Wildman–Crippen LogP) is 2.62. The topological polar surface area (TPSA) is 89.5 Å². The molecule has 23 heavy (non-hydrogen) atoms. The highest BCUT2D eigenvalue weighted by Crippen LogP contribution is 2.21. The molecular formula is C16H15NO5S. The summed E-state index contributed by atoms with van der Waals surface area (Å²) in [6.07, 6.45) is 0. The standard InChI is InChI=1S/C16H15NO5S/c1-11(18)13-4-3-5-15(10-13)22-23(20,21)16-8-6-14(7-9-16)17-12(2)19/h3-10H,1-2H3,(H,17,19). The van der Waals surface area contributed by atoms with E-state index in [-0.39, 0.29) is 22.3 Å². The molecule has 120 valence electrons. The Morgan fingerprint density at radius 3 is 2.22 bits per heavy atom. The van der Waals surface area contributed by atoms with Gasteiger partial charge in [-0.2, -0.15) is 8.42 Å². The first-order valence-corrected chi connectivity index (χ1v) is 8.12. The summed E-state index contributed by atoms with van der Waals surface area (Å²) in [6.45, 7) is 2.74. The Bertz CT molecular complexity index is 841. The van der Waals surface area contributed by atoms with Gasteiger partial charge in [-0.15, -0.1) is 0 Å². The van der Waals surface area contributed by atoms with Gasteiger partial charge >= 0.3 is 10.1 Å². The number of amides is 1. The normalized spacial score (nSPS) is 10.9. The van der Waals surface area contributed by atoms with Crippen LogP contribution in [0.1, 0.15) is 24.2 Å². The minimum atomic E-state index is -4.03. The minimum Gasteiger partial charge on any atom is -0.379 e. The van der Waals surface area contributed by atoms with Crippen molar-refractivity contribution in [3.8, 4) is 5.75 Å². The smallest absolute Gasteiger partial charge is 0.339 e. The van der Waals surface area contributed by atoms with Crippen molar-refractivity contribution in [1.82, 2.24) is 0 Å². The van der Waals surface area contributed by atoms with Crippen molar-refractivity contribution in [2.45, 2.75) is 18.7 Å². The Morgan fingerprint density at radius 2 is 1.65 bits per heavy atom. The van der Waals surface area contributed by atoms with Crippen LogP contribution in [0.15, 0.2) is 53.4 Å². The van der Waals surface area contributed by atoms with Crippen molar-refractivity contribution >= 4 is 27.5 Å². The molecule has 1 amide bonds. The van der Waals surface area contributed by atoms with Crippen LogP contribution in [0.4, 0.5) is 5.69 Å². The lowest BCUT2D eigenvalue weighted by Gasteiger charge is -2.08. The van der Waals surface area contributed by atoms with E-state index in [0.717, 1.165) is 0 Å². The zero-order valence-electron chi connectivity index (χ0n) is 12.6. The maximum atomic E-state index is 12.2. The molecule has 0 saturated carbocycles. The number of carbonyl (C=O) groups excluding carboxylic acids is 2. The van der Waals surface area contributed by atoms with E-state index < -0.39 is 10.1 Å². The van der Waals surface area contributed by atoms with Crippen LogP contribution in [0.3, 0.4) is 0 Å². The van der Waals surface area contributed by atoms with Gasteiger partial charge in [-0.3, -0.25) is 9.59 Å². The average molecular weight is 333 g/mol. The highest BCUT2D eigenvalue weighted by Gasteiger charge is 2.17. The van der Waals surface area contributed by atoms with Gasteiger partial charge in [0.2, 0.25) is 5.91 Å². The van der Waals surface area contributed by atoms with Crippen molar-refractivity contribution in [2.75, 3.05) is 5.32 Å². The summed E-state index contributed by atoms with van der Waals surface area (Å²) in [5.74, 6) is -0.381. The van der Waals surface area contributed by atoms with E-state index in [0.29, 0.717) is 11.3 Å². The minimum absolute atomic E-state index is 0.0557. The van der Waals surface area contributed by atoms with Gasteiger partial charge in [-0.05, 0) is 43.3 Å². The molecule has 0 radical (unpaired) electrons. The molecule has 0 bridgehead atoms. The van der Waals surface area contributed by atoms with Gasteiger partial charge in [0.1, 0.15) is 10.6 Å². The van der Waals surface area contributed by atoms with Crippen molar-refractivity contribution in [1.29, 1.82) is 0 Å². The highest BCUT2D eigenvalue weighted by molar-refractivity contribution is 7.87. The molecule has 0 fully saturated rings. The van der Waals surface area contributed by atoms with Crippen LogP contribution in [-0.2, 0) is 14.9 Å². The van der Waals surface area contributed by atoms with E-state index in [1.807, 2.05) is 0 Å². The number of ketones is 1. The second-order valence-electron chi connectivity index (χ2n) is 4.83. The average Bonchev–Trinajstić information content (AvgIpc) is 2.47. The summed E-state index contributed by atoms with van der Waals surface area (Å²) in [6, 6.07) is 11.5. The summed E-state index contributed by atoms with van der Waals surface area (Å²) in [5, 5.41) is 2.54. The van der Waals surface area contributed by atoms with Crippen LogP contribution < -0.4 is 9.50 Å². The van der Waals surface area contributed by atoms with Gasteiger partial charge in [0.05, 0.1) is 0 Å². The number of carbonyl (C=O) groups is 2. The summed E-state index contributed by atoms with van der Waals surface area (Å²) in [5.41, 5.74) is 0.841. The summed E-state index contributed by atoms with van der Waals surface area (Å²) >= 11 is 0. The molecule has 0 atom stereocenters. The van der Waals surface area contributed by atoms with E-state index in [4.69, 9.17) is 4.18 Å². The maximum absolute atomic E-state index is 12.2. The number of hydrogen-bond donors (Lipinski definition) is 1. The fourth-order valence-corrected chi connectivity index (χ4v) is 2.77. The second kappa shape index (κ2) is 6.62. The molecule has 0 aliphatic carbocycles. The van der Waals surface area contributed by atoms with Crippen LogP contribution >= 0.6 is 0 Å². The number of anilines is 1. The molecule has 7 heteroatoms. The molecule has 2 aromatic carbocycles. The van der Waals surface area contributed by atoms with Crippen molar-refractivity contribution in [3.05, 3.63) is 54.1 Å². The maximum Gasteiger partial charge on any atom is 0.339 e. The third-order valence-corrected chi connectivity index (χ3v) is 4.17. The van der Waals surface area contributed by atoms with Crippen LogP contribution in [0, 0.1) is 0 Å². The lowest BCUT2D eigenvalue weighted by molar-refractivity contribution is -0.114. The van der Waals surface area contributed by atoms with Gasteiger partial charge < -0.3 is 9.50 Å². The molecule has 0 spiro atoms. The van der Waals surface area contributed by atoms with Gasteiger partial charge in [-0.25, -0.2) is 0 Å². The Kier molecular flexibility index (Phi) is 4.80. The zero-order chi connectivity index (χ0) is 17.0.